The lowest BCUT2D eigenvalue weighted by molar-refractivity contribution is 0.0730. The Bertz CT molecular complexity index is 756. The Hall–Kier alpha value is -1.84. The Morgan fingerprint density at radius 3 is 2.52 bits per heavy atom. The van der Waals surface area contributed by atoms with Crippen LogP contribution in [0.3, 0.4) is 0 Å². The molecule has 3 rings (SSSR count). The summed E-state index contributed by atoms with van der Waals surface area (Å²) in [5, 5.41) is 2.71. The van der Waals surface area contributed by atoms with Crippen LogP contribution in [0, 0.1) is 0 Å². The Morgan fingerprint density at radius 1 is 1.15 bits per heavy atom. The second kappa shape index (κ2) is 8.90. The Balaban J connectivity index is 1.92. The molecule has 150 valence electrons. The SMILES string of the molecule is CCOC(=O)Nc1cc(S(=O)(=O)N2CCOCC2)ccc1N1CCCCC1. The smallest absolute Gasteiger partial charge is 0.411 e. The van der Waals surface area contributed by atoms with Crippen molar-refractivity contribution in [3.05, 3.63) is 18.2 Å². The third kappa shape index (κ3) is 4.72. The Labute approximate surface area is 160 Å². The average molecular weight is 397 g/mol. The van der Waals surface area contributed by atoms with Gasteiger partial charge in [0.1, 0.15) is 0 Å². The topological polar surface area (TPSA) is 88.2 Å². The molecule has 0 spiro atoms. The molecule has 0 saturated carbocycles. The number of morpholine rings is 1. The molecule has 2 aliphatic rings. The number of hydrogen-bond acceptors (Lipinski definition) is 6. The number of sulfonamides is 1. The average Bonchev–Trinajstić information content (AvgIpc) is 2.69. The van der Waals surface area contributed by atoms with E-state index in [1.807, 2.05) is 0 Å². The van der Waals surface area contributed by atoms with E-state index in [2.05, 4.69) is 10.2 Å². The number of piperidine rings is 1. The summed E-state index contributed by atoms with van der Waals surface area (Å²) in [6.07, 6.45) is 2.75. The third-order valence-electron chi connectivity index (χ3n) is 4.78. The highest BCUT2D eigenvalue weighted by Gasteiger charge is 2.28. The van der Waals surface area contributed by atoms with Crippen molar-refractivity contribution in [1.29, 1.82) is 0 Å². The number of ether oxygens (including phenoxy) is 2. The van der Waals surface area contributed by atoms with Crippen molar-refractivity contribution in [2.24, 2.45) is 0 Å². The van der Waals surface area contributed by atoms with Crippen LogP contribution in [0.1, 0.15) is 26.2 Å². The summed E-state index contributed by atoms with van der Waals surface area (Å²) in [5.74, 6) is 0. The highest BCUT2D eigenvalue weighted by atomic mass is 32.2. The molecule has 2 aliphatic heterocycles. The molecule has 1 aromatic rings. The number of benzene rings is 1. The zero-order valence-corrected chi connectivity index (χ0v) is 16.5. The molecule has 0 aliphatic carbocycles. The van der Waals surface area contributed by atoms with Gasteiger partial charge in [-0.25, -0.2) is 13.2 Å². The third-order valence-corrected chi connectivity index (χ3v) is 6.68. The monoisotopic (exact) mass is 397 g/mol. The molecule has 0 unspecified atom stereocenters. The highest BCUT2D eigenvalue weighted by molar-refractivity contribution is 7.89. The van der Waals surface area contributed by atoms with Crippen LogP contribution >= 0.6 is 0 Å². The molecular weight excluding hydrogens is 370 g/mol. The highest BCUT2D eigenvalue weighted by Crippen LogP contribution is 2.32. The molecule has 1 N–H and O–H groups in total. The maximum Gasteiger partial charge on any atom is 0.411 e. The first-order valence-electron chi connectivity index (χ1n) is 9.43. The number of nitrogens with zero attached hydrogens (tertiary/aromatic N) is 2. The second-order valence-corrected chi connectivity index (χ2v) is 8.53. The van der Waals surface area contributed by atoms with Crippen molar-refractivity contribution in [3.63, 3.8) is 0 Å². The molecule has 2 fully saturated rings. The van der Waals surface area contributed by atoms with Gasteiger partial charge in [-0.15, -0.1) is 0 Å². The summed E-state index contributed by atoms with van der Waals surface area (Å²) in [6, 6.07) is 4.93. The van der Waals surface area contributed by atoms with Crippen LogP contribution in [-0.2, 0) is 19.5 Å². The van der Waals surface area contributed by atoms with Gasteiger partial charge in [0, 0.05) is 26.2 Å². The van der Waals surface area contributed by atoms with Gasteiger partial charge in [0.2, 0.25) is 10.0 Å². The molecule has 8 nitrogen and oxygen atoms in total. The van der Waals surface area contributed by atoms with E-state index in [0.717, 1.165) is 31.6 Å². The molecule has 9 heteroatoms. The fourth-order valence-electron chi connectivity index (χ4n) is 3.40. The summed E-state index contributed by atoms with van der Waals surface area (Å²) in [7, 11) is -3.64. The van der Waals surface area contributed by atoms with Crippen molar-refractivity contribution < 1.29 is 22.7 Å². The van der Waals surface area contributed by atoms with Crippen LogP contribution in [0.4, 0.5) is 16.2 Å². The predicted octanol–water partition coefficient (Wildman–Crippen LogP) is 2.27. The fourth-order valence-corrected chi connectivity index (χ4v) is 4.83. The van der Waals surface area contributed by atoms with Gasteiger partial charge in [0.25, 0.3) is 0 Å². The molecule has 2 saturated heterocycles. The number of carbonyl (C=O) groups excluding carboxylic acids is 1. The van der Waals surface area contributed by atoms with Crippen molar-refractivity contribution in [1.82, 2.24) is 4.31 Å². The quantitative estimate of drug-likeness (QED) is 0.820. The summed E-state index contributed by atoms with van der Waals surface area (Å²) in [5.41, 5.74) is 1.29. The van der Waals surface area contributed by atoms with Crippen molar-refractivity contribution in [2.45, 2.75) is 31.1 Å². The van der Waals surface area contributed by atoms with Gasteiger partial charge < -0.3 is 14.4 Å². The molecule has 1 aromatic carbocycles. The standard InChI is InChI=1S/C18H27N3O5S/c1-2-26-18(22)19-16-14-15(27(23,24)21-10-12-25-13-11-21)6-7-17(16)20-8-4-3-5-9-20/h6-7,14H,2-5,8-13H2,1H3,(H,19,22). The normalized spacial score (nSPS) is 18.9. The first-order valence-corrected chi connectivity index (χ1v) is 10.9. The fraction of sp³-hybridized carbons (Fsp3) is 0.611. The van der Waals surface area contributed by atoms with E-state index in [1.54, 1.807) is 19.1 Å². The summed E-state index contributed by atoms with van der Waals surface area (Å²) in [4.78, 5) is 14.3. The number of carbonyl (C=O) groups is 1. The molecule has 0 atom stereocenters. The van der Waals surface area contributed by atoms with E-state index < -0.39 is 16.1 Å². The van der Waals surface area contributed by atoms with Gasteiger partial charge >= 0.3 is 6.09 Å². The van der Waals surface area contributed by atoms with Gasteiger partial charge in [-0.2, -0.15) is 4.31 Å². The van der Waals surface area contributed by atoms with Crippen LogP contribution in [0.5, 0.6) is 0 Å². The number of anilines is 2. The Kier molecular flexibility index (Phi) is 6.56. The van der Waals surface area contributed by atoms with E-state index in [0.29, 0.717) is 32.0 Å². The van der Waals surface area contributed by atoms with Crippen molar-refractivity contribution in [3.8, 4) is 0 Å². The van der Waals surface area contributed by atoms with Gasteiger partial charge in [-0.05, 0) is 44.4 Å². The first-order chi connectivity index (χ1) is 13.0. The van der Waals surface area contributed by atoms with E-state index in [-0.39, 0.29) is 11.5 Å². The predicted molar refractivity (Wildman–Crippen MR) is 103 cm³/mol. The minimum atomic E-state index is -3.64. The molecule has 1 amide bonds. The van der Waals surface area contributed by atoms with Gasteiger partial charge in [-0.3, -0.25) is 5.32 Å². The molecule has 27 heavy (non-hydrogen) atoms. The summed E-state index contributed by atoms with van der Waals surface area (Å²) >= 11 is 0. The number of nitrogens with one attached hydrogen (secondary N) is 1. The zero-order valence-electron chi connectivity index (χ0n) is 15.6. The second-order valence-electron chi connectivity index (χ2n) is 6.59. The lowest BCUT2D eigenvalue weighted by atomic mass is 10.1. The first kappa shape index (κ1) is 19.9. The molecule has 0 bridgehead atoms. The van der Waals surface area contributed by atoms with Crippen LogP contribution in [0.25, 0.3) is 0 Å². The van der Waals surface area contributed by atoms with Crippen molar-refractivity contribution >= 4 is 27.5 Å². The maximum atomic E-state index is 13.0. The summed E-state index contributed by atoms with van der Waals surface area (Å²) in [6.45, 7) is 5.17. The van der Waals surface area contributed by atoms with E-state index in [1.165, 1.54) is 16.8 Å². The zero-order chi connectivity index (χ0) is 19.3. The van der Waals surface area contributed by atoms with Gasteiger partial charge in [-0.1, -0.05) is 0 Å². The van der Waals surface area contributed by atoms with Crippen LogP contribution in [0.2, 0.25) is 0 Å². The maximum absolute atomic E-state index is 13.0. The minimum Gasteiger partial charge on any atom is -0.450 e. The molecule has 2 heterocycles. The minimum absolute atomic E-state index is 0.164. The molecular formula is C18H27N3O5S. The number of hydrogen-bond donors (Lipinski definition) is 1. The number of amides is 1. The van der Waals surface area contributed by atoms with E-state index in [9.17, 15) is 13.2 Å². The lowest BCUT2D eigenvalue weighted by Gasteiger charge is -2.31. The van der Waals surface area contributed by atoms with Gasteiger partial charge in [0.05, 0.1) is 36.1 Å². The largest absolute Gasteiger partial charge is 0.450 e. The van der Waals surface area contributed by atoms with Crippen LogP contribution in [0.15, 0.2) is 23.1 Å². The Morgan fingerprint density at radius 2 is 1.85 bits per heavy atom. The van der Waals surface area contributed by atoms with Crippen molar-refractivity contribution in [2.75, 3.05) is 56.2 Å². The van der Waals surface area contributed by atoms with Crippen LogP contribution < -0.4 is 10.2 Å². The molecule has 0 aromatic heterocycles. The van der Waals surface area contributed by atoms with E-state index >= 15 is 0 Å². The molecule has 0 radical (unpaired) electrons. The van der Waals surface area contributed by atoms with Gasteiger partial charge in [0.15, 0.2) is 0 Å². The van der Waals surface area contributed by atoms with Crippen LogP contribution in [-0.4, -0.2) is 64.8 Å². The van der Waals surface area contributed by atoms with E-state index in [4.69, 9.17) is 9.47 Å². The number of rotatable bonds is 5. The summed E-state index contributed by atoms with van der Waals surface area (Å²) < 4.78 is 37.6. The lowest BCUT2D eigenvalue weighted by Crippen LogP contribution is -2.40.